The van der Waals surface area contributed by atoms with E-state index in [9.17, 15) is 0 Å². The molecule has 0 aliphatic carbocycles. The summed E-state index contributed by atoms with van der Waals surface area (Å²) < 4.78 is 10.9. The molecule has 2 rings (SSSR count). The van der Waals surface area contributed by atoms with Crippen LogP contribution in [-0.4, -0.2) is 12.1 Å². The minimum atomic E-state index is 0.391. The summed E-state index contributed by atoms with van der Waals surface area (Å²) in [5, 5.41) is 0. The highest BCUT2D eigenvalue weighted by molar-refractivity contribution is 5.56. The quantitative estimate of drug-likeness (QED) is 0.857. The molecular formula is C15H18N2O2. The number of benzene rings is 1. The highest BCUT2D eigenvalue weighted by Crippen LogP contribution is 2.28. The number of ether oxygens (including phenoxy) is 2. The molecule has 1 heterocycles. The topological polar surface area (TPSA) is 57.4 Å². The van der Waals surface area contributed by atoms with Gasteiger partial charge in [-0.2, -0.15) is 0 Å². The molecule has 1 aromatic carbocycles. The average molecular weight is 258 g/mol. The van der Waals surface area contributed by atoms with Gasteiger partial charge in [0.05, 0.1) is 12.8 Å². The molecule has 0 spiro atoms. The fourth-order valence-electron chi connectivity index (χ4n) is 1.86. The summed E-state index contributed by atoms with van der Waals surface area (Å²) in [4.78, 5) is 4.31. The van der Waals surface area contributed by atoms with E-state index in [0.717, 1.165) is 28.3 Å². The number of hydrogen-bond donors (Lipinski definition) is 1. The van der Waals surface area contributed by atoms with E-state index in [4.69, 9.17) is 15.2 Å². The van der Waals surface area contributed by atoms with Crippen LogP contribution >= 0.6 is 0 Å². The largest absolute Gasteiger partial charge is 0.487 e. The van der Waals surface area contributed by atoms with Crippen LogP contribution in [0.5, 0.6) is 11.6 Å². The molecule has 0 saturated heterocycles. The number of hydrogen-bond acceptors (Lipinski definition) is 4. The van der Waals surface area contributed by atoms with E-state index in [-0.39, 0.29) is 0 Å². The molecule has 0 aliphatic rings. The minimum absolute atomic E-state index is 0.391. The molecule has 2 aromatic rings. The molecule has 0 fully saturated rings. The summed E-state index contributed by atoms with van der Waals surface area (Å²) in [6, 6.07) is 9.45. The summed E-state index contributed by atoms with van der Waals surface area (Å²) in [6.07, 6.45) is 0. The number of nitrogen functional groups attached to an aromatic ring is 1. The zero-order valence-corrected chi connectivity index (χ0v) is 11.4. The van der Waals surface area contributed by atoms with Gasteiger partial charge in [-0.3, -0.25) is 0 Å². The maximum atomic E-state index is 5.89. The van der Waals surface area contributed by atoms with Crippen molar-refractivity contribution in [1.82, 2.24) is 4.98 Å². The van der Waals surface area contributed by atoms with E-state index >= 15 is 0 Å². The van der Waals surface area contributed by atoms with Crippen molar-refractivity contribution in [2.45, 2.75) is 20.5 Å². The van der Waals surface area contributed by atoms with Crippen LogP contribution in [0.4, 0.5) is 5.69 Å². The fraction of sp³-hybridized carbons (Fsp3) is 0.267. The van der Waals surface area contributed by atoms with E-state index in [2.05, 4.69) is 4.98 Å². The average Bonchev–Trinajstić information content (AvgIpc) is 2.43. The number of rotatable bonds is 4. The zero-order valence-electron chi connectivity index (χ0n) is 11.4. The Morgan fingerprint density at radius 1 is 1.16 bits per heavy atom. The summed E-state index contributed by atoms with van der Waals surface area (Å²) in [5.74, 6) is 1.41. The van der Waals surface area contributed by atoms with Crippen molar-refractivity contribution in [1.29, 1.82) is 0 Å². The number of anilines is 1. The lowest BCUT2D eigenvalue weighted by Gasteiger charge is -2.13. The van der Waals surface area contributed by atoms with Gasteiger partial charge in [0.25, 0.3) is 0 Å². The molecule has 4 heteroatoms. The lowest BCUT2D eigenvalue weighted by atomic mass is 10.1. The van der Waals surface area contributed by atoms with Gasteiger partial charge >= 0.3 is 0 Å². The molecule has 1 aromatic heterocycles. The number of aryl methyl sites for hydroxylation is 1. The Balaban J connectivity index is 2.16. The Kier molecular flexibility index (Phi) is 3.90. The predicted octanol–water partition coefficient (Wildman–Crippen LogP) is 2.87. The molecule has 2 N–H and O–H groups in total. The van der Waals surface area contributed by atoms with E-state index in [0.29, 0.717) is 12.5 Å². The SMILES string of the molecule is COc1cccc(COc2c(C)ccc(N)c2C)n1. The summed E-state index contributed by atoms with van der Waals surface area (Å²) >= 11 is 0. The molecule has 4 nitrogen and oxygen atoms in total. The van der Waals surface area contributed by atoms with Crippen molar-refractivity contribution in [2.24, 2.45) is 0 Å². The molecule has 0 bridgehead atoms. The van der Waals surface area contributed by atoms with Gasteiger partial charge in [-0.1, -0.05) is 12.1 Å². The number of methoxy groups -OCH3 is 1. The normalized spacial score (nSPS) is 10.3. The lowest BCUT2D eigenvalue weighted by molar-refractivity contribution is 0.294. The van der Waals surface area contributed by atoms with E-state index < -0.39 is 0 Å². The van der Waals surface area contributed by atoms with Crippen LogP contribution < -0.4 is 15.2 Å². The summed E-state index contributed by atoms with van der Waals surface area (Å²) in [7, 11) is 1.60. The van der Waals surface area contributed by atoms with Crippen LogP contribution in [0.1, 0.15) is 16.8 Å². The monoisotopic (exact) mass is 258 g/mol. The summed E-state index contributed by atoms with van der Waals surface area (Å²) in [6.45, 7) is 4.35. The standard InChI is InChI=1S/C15H18N2O2/c1-10-7-8-13(16)11(2)15(10)19-9-12-5-4-6-14(17-12)18-3/h4-8H,9,16H2,1-3H3. The van der Waals surface area contributed by atoms with Crippen molar-refractivity contribution < 1.29 is 9.47 Å². The van der Waals surface area contributed by atoms with Crippen LogP contribution in [0.3, 0.4) is 0 Å². The zero-order chi connectivity index (χ0) is 13.8. The first-order valence-corrected chi connectivity index (χ1v) is 6.10. The number of aromatic nitrogens is 1. The van der Waals surface area contributed by atoms with Gasteiger partial charge in [-0.15, -0.1) is 0 Å². The third-order valence-electron chi connectivity index (χ3n) is 3.00. The Hall–Kier alpha value is -2.23. The Bertz CT molecular complexity index is 582. The van der Waals surface area contributed by atoms with Gasteiger partial charge in [0.2, 0.25) is 5.88 Å². The van der Waals surface area contributed by atoms with Gasteiger partial charge in [0.15, 0.2) is 0 Å². The fourth-order valence-corrected chi connectivity index (χ4v) is 1.86. The third-order valence-corrected chi connectivity index (χ3v) is 3.00. The first kappa shape index (κ1) is 13.2. The number of nitrogens with zero attached hydrogens (tertiary/aromatic N) is 1. The van der Waals surface area contributed by atoms with Crippen molar-refractivity contribution in [3.05, 3.63) is 47.2 Å². The van der Waals surface area contributed by atoms with Gasteiger partial charge in [0, 0.05) is 17.3 Å². The second kappa shape index (κ2) is 5.61. The molecule has 0 unspecified atom stereocenters. The van der Waals surface area contributed by atoms with Crippen LogP contribution in [-0.2, 0) is 6.61 Å². The van der Waals surface area contributed by atoms with E-state index in [1.807, 2.05) is 38.1 Å². The van der Waals surface area contributed by atoms with Gasteiger partial charge in [-0.25, -0.2) is 4.98 Å². The smallest absolute Gasteiger partial charge is 0.213 e. The molecule has 19 heavy (non-hydrogen) atoms. The van der Waals surface area contributed by atoms with Crippen LogP contribution in [0.15, 0.2) is 30.3 Å². The molecule has 0 aliphatic heterocycles. The van der Waals surface area contributed by atoms with Gasteiger partial charge in [0.1, 0.15) is 12.4 Å². The molecule has 100 valence electrons. The van der Waals surface area contributed by atoms with Crippen LogP contribution in [0.25, 0.3) is 0 Å². The van der Waals surface area contributed by atoms with Crippen LogP contribution in [0, 0.1) is 13.8 Å². The molecule has 0 atom stereocenters. The van der Waals surface area contributed by atoms with Crippen LogP contribution in [0.2, 0.25) is 0 Å². The second-order valence-corrected chi connectivity index (χ2v) is 4.39. The van der Waals surface area contributed by atoms with E-state index in [1.165, 1.54) is 0 Å². The maximum Gasteiger partial charge on any atom is 0.213 e. The number of pyridine rings is 1. The first-order valence-electron chi connectivity index (χ1n) is 6.10. The van der Waals surface area contributed by atoms with E-state index in [1.54, 1.807) is 13.2 Å². The predicted molar refractivity (Wildman–Crippen MR) is 75.4 cm³/mol. The minimum Gasteiger partial charge on any atom is -0.487 e. The molecule has 0 amide bonds. The van der Waals surface area contributed by atoms with Gasteiger partial charge < -0.3 is 15.2 Å². The maximum absolute atomic E-state index is 5.89. The summed E-state index contributed by atoms with van der Waals surface area (Å²) in [5.41, 5.74) is 9.47. The van der Waals surface area contributed by atoms with Crippen molar-refractivity contribution in [3.8, 4) is 11.6 Å². The lowest BCUT2D eigenvalue weighted by Crippen LogP contribution is -2.03. The Labute approximate surface area is 113 Å². The second-order valence-electron chi connectivity index (χ2n) is 4.39. The third kappa shape index (κ3) is 2.96. The molecule has 0 saturated carbocycles. The molecular weight excluding hydrogens is 240 g/mol. The Morgan fingerprint density at radius 3 is 2.68 bits per heavy atom. The van der Waals surface area contributed by atoms with Crippen molar-refractivity contribution >= 4 is 5.69 Å². The Morgan fingerprint density at radius 2 is 1.95 bits per heavy atom. The molecule has 0 radical (unpaired) electrons. The first-order chi connectivity index (χ1) is 9.11. The highest BCUT2D eigenvalue weighted by Gasteiger charge is 2.07. The number of nitrogens with two attached hydrogens (primary N) is 1. The van der Waals surface area contributed by atoms with Crippen molar-refractivity contribution in [2.75, 3.05) is 12.8 Å². The highest BCUT2D eigenvalue weighted by atomic mass is 16.5. The van der Waals surface area contributed by atoms with Crippen molar-refractivity contribution in [3.63, 3.8) is 0 Å². The van der Waals surface area contributed by atoms with Gasteiger partial charge in [-0.05, 0) is 31.5 Å².